The molecule has 0 bridgehead atoms. The van der Waals surface area contributed by atoms with Crippen LogP contribution in [0.15, 0.2) is 158 Å². The van der Waals surface area contributed by atoms with Crippen LogP contribution >= 0.6 is 0 Å². The highest BCUT2D eigenvalue weighted by Gasteiger charge is 2.48. The van der Waals surface area contributed by atoms with Crippen LogP contribution in [0.3, 0.4) is 0 Å². The molecule has 0 radical (unpaired) electrons. The highest BCUT2D eigenvalue weighted by molar-refractivity contribution is 7.00. The molecule has 0 amide bonds. The van der Waals surface area contributed by atoms with Crippen LogP contribution in [-0.4, -0.2) is 6.71 Å². The number of hydrogen-bond acceptors (Lipinski definition) is 2. The van der Waals surface area contributed by atoms with Gasteiger partial charge in [-0.05, 0) is 197 Å². The molecule has 8 aromatic rings. The van der Waals surface area contributed by atoms with Crippen LogP contribution in [-0.2, 0) is 32.5 Å². The van der Waals surface area contributed by atoms with Gasteiger partial charge in [-0.2, -0.15) is 0 Å². The quantitative estimate of drug-likeness (QED) is 0.125. The van der Waals surface area contributed by atoms with E-state index < -0.39 is 0 Å². The highest BCUT2D eigenvalue weighted by Crippen LogP contribution is 2.55. The Kier molecular flexibility index (Phi) is 10.6. The summed E-state index contributed by atoms with van der Waals surface area (Å²) < 4.78 is 0. The molecule has 2 heterocycles. The number of hydrogen-bond donors (Lipinski definition) is 0. The Balaban J connectivity index is 1.12. The van der Waals surface area contributed by atoms with Crippen molar-refractivity contribution >= 4 is 57.2 Å². The second-order valence-electron chi connectivity index (χ2n) is 28.0. The van der Waals surface area contributed by atoms with Crippen molar-refractivity contribution in [2.24, 2.45) is 0 Å². The summed E-state index contributed by atoms with van der Waals surface area (Å²) in [6, 6.07) is 62.6. The molecule has 0 saturated heterocycles. The summed E-state index contributed by atoms with van der Waals surface area (Å²) >= 11 is 0. The maximum Gasteiger partial charge on any atom is 0.252 e. The molecule has 0 unspecified atom stereocenters. The third-order valence-corrected chi connectivity index (χ3v) is 19.7. The predicted molar refractivity (Wildman–Crippen MR) is 326 cm³/mol. The maximum absolute atomic E-state index is 2.71. The molecular weight excluding hydrogens is 916 g/mol. The van der Waals surface area contributed by atoms with E-state index in [2.05, 4.69) is 264 Å². The smallest absolute Gasteiger partial charge is 0.252 e. The van der Waals surface area contributed by atoms with E-state index >= 15 is 0 Å². The van der Waals surface area contributed by atoms with Gasteiger partial charge in [0.2, 0.25) is 0 Å². The SMILES string of the molecule is Cc1cc2c3c(c1)N(c1ccc4c(c1)C(C)(C)CCC4(C)C)c1cc4c(cc1B3c1ccc(C(c3ccccc3)c3ccccc3)cc1N2c1ccc2c(c1)-c1ccc(C(C)(C)C)cc1C2(C)C)C(C)(C)CCC4(C)C. The molecule has 76 heavy (non-hydrogen) atoms. The van der Waals surface area contributed by atoms with Crippen molar-refractivity contribution in [3.8, 4) is 11.1 Å². The third kappa shape index (κ3) is 7.33. The van der Waals surface area contributed by atoms with E-state index in [1.807, 2.05) is 0 Å². The van der Waals surface area contributed by atoms with Gasteiger partial charge in [0.25, 0.3) is 6.71 Å². The predicted octanol–water partition coefficient (Wildman–Crippen LogP) is 17.6. The van der Waals surface area contributed by atoms with Gasteiger partial charge in [0.05, 0.1) is 0 Å². The second kappa shape index (κ2) is 16.5. The Morgan fingerprint density at radius 2 is 0.921 bits per heavy atom. The van der Waals surface area contributed by atoms with Gasteiger partial charge in [0.15, 0.2) is 0 Å². The second-order valence-corrected chi connectivity index (χ2v) is 28.0. The summed E-state index contributed by atoms with van der Waals surface area (Å²) in [7, 11) is 0. The monoisotopic (exact) mass is 993 g/mol. The zero-order valence-corrected chi connectivity index (χ0v) is 47.9. The molecule has 0 N–H and O–H groups in total. The number of rotatable bonds is 5. The van der Waals surface area contributed by atoms with Crippen molar-refractivity contribution in [1.82, 2.24) is 0 Å². The van der Waals surface area contributed by atoms with Gasteiger partial charge >= 0.3 is 0 Å². The van der Waals surface area contributed by atoms with Crippen molar-refractivity contribution in [3.05, 3.63) is 219 Å². The number of fused-ring (bicyclic) bond motifs is 9. The molecule has 0 atom stereocenters. The molecule has 2 aliphatic heterocycles. The van der Waals surface area contributed by atoms with E-state index in [0.29, 0.717) is 0 Å². The van der Waals surface area contributed by atoms with Crippen LogP contribution in [0.25, 0.3) is 11.1 Å². The largest absolute Gasteiger partial charge is 0.311 e. The van der Waals surface area contributed by atoms with Crippen molar-refractivity contribution in [1.29, 1.82) is 0 Å². The first-order valence-electron chi connectivity index (χ1n) is 28.6. The lowest BCUT2D eigenvalue weighted by molar-refractivity contribution is 0.332. The molecule has 0 spiro atoms. The molecular formula is C73H77BN2. The van der Waals surface area contributed by atoms with Crippen LogP contribution < -0.4 is 26.2 Å². The Morgan fingerprint density at radius 3 is 1.50 bits per heavy atom. The molecule has 0 fully saturated rings. The fraction of sp³-hybridized carbons (Fsp3) is 0.342. The minimum absolute atomic E-state index is 0.00750. The summed E-state index contributed by atoms with van der Waals surface area (Å²) in [4.78, 5) is 5.39. The minimum Gasteiger partial charge on any atom is -0.311 e. The summed E-state index contributed by atoms with van der Waals surface area (Å²) in [5.41, 5.74) is 30.0. The normalized spacial score (nSPS) is 18.5. The summed E-state index contributed by atoms with van der Waals surface area (Å²) in [6.07, 6.45) is 4.71. The highest BCUT2D eigenvalue weighted by atomic mass is 15.2. The van der Waals surface area contributed by atoms with E-state index in [1.54, 1.807) is 0 Å². The summed E-state index contributed by atoms with van der Waals surface area (Å²) in [5.74, 6) is 0.0520. The number of nitrogens with zero attached hydrogens (tertiary/aromatic N) is 2. The fourth-order valence-corrected chi connectivity index (χ4v) is 14.9. The van der Waals surface area contributed by atoms with E-state index in [4.69, 9.17) is 0 Å². The van der Waals surface area contributed by atoms with Gasteiger partial charge in [0.1, 0.15) is 0 Å². The van der Waals surface area contributed by atoms with Crippen LogP contribution in [0, 0.1) is 6.92 Å². The van der Waals surface area contributed by atoms with Gasteiger partial charge in [-0.25, -0.2) is 0 Å². The van der Waals surface area contributed by atoms with E-state index in [0.717, 1.165) is 0 Å². The third-order valence-electron chi connectivity index (χ3n) is 19.7. The van der Waals surface area contributed by atoms with Crippen LogP contribution in [0.4, 0.5) is 34.1 Å². The van der Waals surface area contributed by atoms with Gasteiger partial charge in [-0.3, -0.25) is 0 Å². The van der Waals surface area contributed by atoms with Gasteiger partial charge in [-0.1, -0.05) is 199 Å². The number of benzene rings is 8. The van der Waals surface area contributed by atoms with Crippen molar-refractivity contribution in [2.75, 3.05) is 9.80 Å². The summed E-state index contributed by atoms with van der Waals surface area (Å²) in [6.45, 7) is 34.0. The summed E-state index contributed by atoms with van der Waals surface area (Å²) in [5, 5.41) is 0. The Morgan fingerprint density at radius 1 is 0.408 bits per heavy atom. The first-order valence-corrected chi connectivity index (χ1v) is 28.6. The fourth-order valence-electron chi connectivity index (χ4n) is 14.9. The number of aryl methyl sites for hydroxylation is 1. The average molecular weight is 993 g/mol. The first kappa shape index (κ1) is 49.0. The van der Waals surface area contributed by atoms with E-state index in [-0.39, 0.29) is 45.1 Å². The van der Waals surface area contributed by atoms with Gasteiger partial charge in [0, 0.05) is 45.5 Å². The van der Waals surface area contributed by atoms with Crippen molar-refractivity contribution in [3.63, 3.8) is 0 Å². The van der Waals surface area contributed by atoms with Crippen molar-refractivity contribution in [2.45, 2.75) is 161 Å². The molecule has 3 heteroatoms. The lowest BCUT2D eigenvalue weighted by Gasteiger charge is -2.48. The lowest BCUT2D eigenvalue weighted by Crippen LogP contribution is -2.62. The Bertz CT molecular complexity index is 3650. The molecule has 8 aromatic carbocycles. The average Bonchev–Trinajstić information content (AvgIpc) is 3.79. The topological polar surface area (TPSA) is 6.48 Å². The lowest BCUT2D eigenvalue weighted by atomic mass is 9.33. The van der Waals surface area contributed by atoms with Crippen LogP contribution in [0.5, 0.6) is 0 Å². The van der Waals surface area contributed by atoms with Gasteiger partial charge in [-0.15, -0.1) is 0 Å². The van der Waals surface area contributed by atoms with E-state index in [1.165, 1.54) is 149 Å². The van der Waals surface area contributed by atoms with Gasteiger partial charge < -0.3 is 9.80 Å². The molecule has 13 rings (SSSR count). The molecule has 0 saturated carbocycles. The number of anilines is 6. The Labute approximate surface area is 455 Å². The molecule has 382 valence electrons. The molecule has 2 nitrogen and oxygen atoms in total. The van der Waals surface area contributed by atoms with E-state index in [9.17, 15) is 0 Å². The molecule has 3 aliphatic carbocycles. The molecule has 0 aromatic heterocycles. The van der Waals surface area contributed by atoms with Crippen molar-refractivity contribution < 1.29 is 0 Å². The minimum atomic E-state index is -0.131. The Hall–Kier alpha value is -6.58. The standard InChI is InChI=1S/C73H77BN2/c1-45-37-64-67-65(38-45)76(51-28-31-55-57(42-51)70(7,8)34-33-69(55,5)6)63-44-59-58(71(9,10)35-36-72(59,11)12)43-61(63)74(67)60-32-25-48(66(46-21-17-15-18-22-46)47-23-19-16-20-24-47)39-62(60)75(64)50-27-30-54-53(41-50)52-29-26-49(68(2,3)4)40-56(52)73(54,13)14/h15-32,37-44,66H,33-36H2,1-14H3. The molecule has 5 aliphatic rings. The zero-order valence-electron chi connectivity index (χ0n) is 47.9. The maximum atomic E-state index is 2.71. The zero-order chi connectivity index (χ0) is 53.2. The van der Waals surface area contributed by atoms with Crippen LogP contribution in [0.1, 0.15) is 183 Å². The first-order chi connectivity index (χ1) is 35.9. The van der Waals surface area contributed by atoms with Crippen LogP contribution in [0.2, 0.25) is 0 Å².